The maximum Gasteiger partial charge on any atom is 0.245 e. The van der Waals surface area contributed by atoms with Crippen LogP contribution in [-0.4, -0.2) is 20.0 Å². The molecule has 0 spiro atoms. The number of para-hydroxylation sites is 2. The minimum atomic E-state index is -0.551. The van der Waals surface area contributed by atoms with Crippen LogP contribution >= 0.6 is 0 Å². The quantitative estimate of drug-likeness (QED) is 0.619. The highest BCUT2D eigenvalue weighted by Crippen LogP contribution is 2.49. The van der Waals surface area contributed by atoms with Gasteiger partial charge in [0.1, 0.15) is 13.2 Å². The zero-order chi connectivity index (χ0) is 20.1. The van der Waals surface area contributed by atoms with Gasteiger partial charge in [-0.25, -0.2) is 0 Å². The SMILES string of the molecule is Cc1cc2c(cc1-c1cccc3c1OC(c1cccc4c1OCCO4)[C]O3)OCO2. The smallest absolute Gasteiger partial charge is 0.245 e. The van der Waals surface area contributed by atoms with Crippen LogP contribution in [-0.2, 0) is 0 Å². The number of hydrogen-bond donors (Lipinski definition) is 0. The van der Waals surface area contributed by atoms with Crippen molar-refractivity contribution in [2.24, 2.45) is 0 Å². The van der Waals surface area contributed by atoms with Gasteiger partial charge in [0, 0.05) is 11.1 Å². The van der Waals surface area contributed by atoms with Crippen LogP contribution in [0.1, 0.15) is 17.2 Å². The summed E-state index contributed by atoms with van der Waals surface area (Å²) in [7, 11) is 0. The van der Waals surface area contributed by atoms with Gasteiger partial charge < -0.3 is 28.4 Å². The Hall–Kier alpha value is -3.54. The van der Waals surface area contributed by atoms with Gasteiger partial charge in [0.15, 0.2) is 40.6 Å². The first-order valence-corrected chi connectivity index (χ1v) is 9.79. The van der Waals surface area contributed by atoms with E-state index in [0.717, 1.165) is 33.8 Å². The summed E-state index contributed by atoms with van der Waals surface area (Å²) in [6.45, 7) is 6.27. The molecule has 1 atom stereocenters. The second-order valence-corrected chi connectivity index (χ2v) is 7.24. The standard InChI is InChI=1S/C24H18O6/c1-14-10-20-21(29-13-28-20)11-17(14)15-4-2-7-19-24(15)30-22(12-27-19)16-5-3-6-18-23(16)26-9-8-25-18/h2-7,10-11,22H,8-9,13H2,1H3. The molecule has 3 aromatic carbocycles. The van der Waals surface area contributed by atoms with E-state index >= 15 is 0 Å². The van der Waals surface area contributed by atoms with Gasteiger partial charge in [-0.05, 0) is 42.3 Å². The highest BCUT2D eigenvalue weighted by molar-refractivity contribution is 5.79. The fraction of sp³-hybridized carbons (Fsp3) is 0.208. The van der Waals surface area contributed by atoms with Crippen LogP contribution in [0.5, 0.6) is 34.5 Å². The van der Waals surface area contributed by atoms with E-state index in [1.165, 1.54) is 0 Å². The summed E-state index contributed by atoms with van der Waals surface area (Å²) >= 11 is 0. The molecule has 0 saturated carbocycles. The predicted molar refractivity (Wildman–Crippen MR) is 107 cm³/mol. The first-order chi connectivity index (χ1) is 14.8. The number of ether oxygens (including phenoxy) is 6. The third-order valence-corrected chi connectivity index (χ3v) is 5.38. The number of fused-ring (bicyclic) bond motifs is 3. The highest BCUT2D eigenvalue weighted by Gasteiger charge is 2.32. The number of hydrogen-bond acceptors (Lipinski definition) is 6. The molecule has 150 valence electrons. The molecule has 0 aliphatic carbocycles. The van der Waals surface area contributed by atoms with Gasteiger partial charge in [-0.3, -0.25) is 0 Å². The Labute approximate surface area is 173 Å². The van der Waals surface area contributed by atoms with Crippen molar-refractivity contribution in [3.05, 3.63) is 66.3 Å². The molecule has 0 fully saturated rings. The fourth-order valence-corrected chi connectivity index (χ4v) is 3.95. The molecule has 2 radical (unpaired) electrons. The topological polar surface area (TPSA) is 55.4 Å². The average Bonchev–Trinajstić information content (AvgIpc) is 3.24. The monoisotopic (exact) mass is 402 g/mol. The summed E-state index contributed by atoms with van der Waals surface area (Å²) in [5.74, 6) is 4.12. The number of rotatable bonds is 2. The Morgan fingerprint density at radius 3 is 2.50 bits per heavy atom. The molecule has 6 rings (SSSR count). The van der Waals surface area contributed by atoms with E-state index in [1.54, 1.807) is 0 Å². The minimum Gasteiger partial charge on any atom is -0.486 e. The van der Waals surface area contributed by atoms with Crippen LogP contribution in [0.15, 0.2) is 48.5 Å². The van der Waals surface area contributed by atoms with Crippen molar-refractivity contribution in [2.45, 2.75) is 13.0 Å². The van der Waals surface area contributed by atoms with Crippen LogP contribution in [0, 0.1) is 13.5 Å². The summed E-state index contributed by atoms with van der Waals surface area (Å²) in [6.07, 6.45) is -0.551. The molecular formula is C24H18O6. The first-order valence-electron chi connectivity index (χ1n) is 9.79. The van der Waals surface area contributed by atoms with Crippen molar-refractivity contribution >= 4 is 0 Å². The van der Waals surface area contributed by atoms with Gasteiger partial charge in [-0.1, -0.05) is 24.3 Å². The molecule has 1 unspecified atom stereocenters. The molecule has 0 aromatic heterocycles. The third-order valence-electron chi connectivity index (χ3n) is 5.38. The zero-order valence-electron chi connectivity index (χ0n) is 16.3. The lowest BCUT2D eigenvalue weighted by atomic mass is 9.97. The molecule has 0 saturated heterocycles. The van der Waals surface area contributed by atoms with Gasteiger partial charge in [0.25, 0.3) is 0 Å². The number of benzene rings is 3. The van der Waals surface area contributed by atoms with E-state index in [4.69, 9.17) is 28.4 Å². The predicted octanol–water partition coefficient (Wildman–Crippen LogP) is 4.71. The molecule has 6 nitrogen and oxygen atoms in total. The molecule has 3 aliphatic heterocycles. The Morgan fingerprint density at radius 2 is 1.57 bits per heavy atom. The minimum absolute atomic E-state index is 0.234. The van der Waals surface area contributed by atoms with E-state index < -0.39 is 6.10 Å². The molecule has 0 amide bonds. The van der Waals surface area contributed by atoms with Crippen molar-refractivity contribution < 1.29 is 28.4 Å². The van der Waals surface area contributed by atoms with Gasteiger partial charge in [0.2, 0.25) is 13.4 Å². The maximum atomic E-state index is 6.40. The summed E-state index contributed by atoms with van der Waals surface area (Å²) < 4.78 is 34.9. The lowest BCUT2D eigenvalue weighted by Crippen LogP contribution is -2.21. The fourth-order valence-electron chi connectivity index (χ4n) is 3.95. The van der Waals surface area contributed by atoms with Crippen molar-refractivity contribution in [2.75, 3.05) is 20.0 Å². The van der Waals surface area contributed by atoms with Crippen LogP contribution in [0.2, 0.25) is 0 Å². The lowest BCUT2D eigenvalue weighted by molar-refractivity contribution is 0.127. The van der Waals surface area contributed by atoms with Gasteiger partial charge in [-0.15, -0.1) is 0 Å². The Morgan fingerprint density at radius 1 is 0.767 bits per heavy atom. The molecule has 30 heavy (non-hydrogen) atoms. The molecular weight excluding hydrogens is 384 g/mol. The molecule has 0 bridgehead atoms. The van der Waals surface area contributed by atoms with Crippen molar-refractivity contribution in [1.29, 1.82) is 0 Å². The Bertz CT molecular complexity index is 1140. The summed E-state index contributed by atoms with van der Waals surface area (Å²) in [6, 6.07) is 15.5. The van der Waals surface area contributed by atoms with E-state index in [2.05, 4.69) is 6.61 Å². The molecule has 3 aromatic rings. The molecule has 3 heterocycles. The largest absolute Gasteiger partial charge is 0.486 e. The van der Waals surface area contributed by atoms with Crippen LogP contribution in [0.3, 0.4) is 0 Å². The summed E-state index contributed by atoms with van der Waals surface area (Å²) in [5, 5.41) is 0. The highest BCUT2D eigenvalue weighted by atomic mass is 16.7. The third kappa shape index (κ3) is 2.71. The normalized spacial score (nSPS) is 18.2. The van der Waals surface area contributed by atoms with E-state index in [-0.39, 0.29) is 6.79 Å². The van der Waals surface area contributed by atoms with E-state index in [0.29, 0.717) is 36.2 Å². The first kappa shape index (κ1) is 17.3. The summed E-state index contributed by atoms with van der Waals surface area (Å²) in [5.41, 5.74) is 3.78. The van der Waals surface area contributed by atoms with E-state index in [1.807, 2.05) is 55.5 Å². The van der Waals surface area contributed by atoms with Crippen LogP contribution in [0.25, 0.3) is 11.1 Å². The van der Waals surface area contributed by atoms with Crippen molar-refractivity contribution in [1.82, 2.24) is 0 Å². The molecule has 0 N–H and O–H groups in total. The van der Waals surface area contributed by atoms with E-state index in [9.17, 15) is 0 Å². The van der Waals surface area contributed by atoms with Crippen LogP contribution in [0.4, 0.5) is 0 Å². The lowest BCUT2D eigenvalue weighted by Gasteiger charge is -2.29. The Kier molecular flexibility index (Phi) is 3.91. The second-order valence-electron chi connectivity index (χ2n) is 7.24. The molecule has 6 heteroatoms. The van der Waals surface area contributed by atoms with Crippen molar-refractivity contribution in [3.8, 4) is 45.6 Å². The molecule has 3 aliphatic rings. The van der Waals surface area contributed by atoms with Gasteiger partial charge >= 0.3 is 0 Å². The zero-order valence-corrected chi connectivity index (χ0v) is 16.3. The average molecular weight is 402 g/mol. The summed E-state index contributed by atoms with van der Waals surface area (Å²) in [4.78, 5) is 0. The van der Waals surface area contributed by atoms with Crippen LogP contribution < -0.4 is 28.4 Å². The maximum absolute atomic E-state index is 6.40. The Balaban J connectivity index is 1.42. The van der Waals surface area contributed by atoms with Gasteiger partial charge in [-0.2, -0.15) is 0 Å². The number of aryl methyl sites for hydroxylation is 1. The second kappa shape index (κ2) is 6.76. The van der Waals surface area contributed by atoms with Gasteiger partial charge in [0.05, 0.1) is 0 Å². The van der Waals surface area contributed by atoms with Crippen molar-refractivity contribution in [3.63, 3.8) is 0 Å².